The summed E-state index contributed by atoms with van der Waals surface area (Å²) in [4.78, 5) is 31.6. The molecule has 0 radical (unpaired) electrons. The van der Waals surface area contributed by atoms with Crippen LogP contribution in [0.3, 0.4) is 0 Å². The van der Waals surface area contributed by atoms with Gasteiger partial charge in [0, 0.05) is 57.0 Å². The number of hydrogen-bond donors (Lipinski definition) is 1. The fourth-order valence-corrected chi connectivity index (χ4v) is 6.35. The number of halogens is 5. The number of sulfonamides is 1. The summed E-state index contributed by atoms with van der Waals surface area (Å²) >= 11 is 0. The van der Waals surface area contributed by atoms with Gasteiger partial charge in [-0.2, -0.15) is 4.31 Å². The van der Waals surface area contributed by atoms with Crippen molar-refractivity contribution in [2.45, 2.75) is 56.0 Å². The Morgan fingerprint density at radius 2 is 1.67 bits per heavy atom. The minimum atomic E-state index is -4.97. The summed E-state index contributed by atoms with van der Waals surface area (Å²) in [5.41, 5.74) is 1.12. The average molecular weight is 655 g/mol. The summed E-state index contributed by atoms with van der Waals surface area (Å²) in [6, 6.07) is 11.1. The van der Waals surface area contributed by atoms with Gasteiger partial charge in [-0.25, -0.2) is 17.2 Å². The van der Waals surface area contributed by atoms with Crippen molar-refractivity contribution in [1.29, 1.82) is 0 Å². The number of alkyl halides is 5. The summed E-state index contributed by atoms with van der Waals surface area (Å²) < 4.78 is 97.7. The Morgan fingerprint density at radius 3 is 2.27 bits per heavy atom. The van der Waals surface area contributed by atoms with E-state index in [4.69, 9.17) is 0 Å². The van der Waals surface area contributed by atoms with Gasteiger partial charge in [-0.3, -0.25) is 14.6 Å². The Hall–Kier alpha value is -4.11. The number of ether oxygens (including phenoxy) is 1. The van der Waals surface area contributed by atoms with Crippen molar-refractivity contribution in [2.24, 2.45) is 0 Å². The largest absolute Gasteiger partial charge is 0.573 e. The summed E-state index contributed by atoms with van der Waals surface area (Å²) in [7, 11) is -4.42. The quantitative estimate of drug-likeness (QED) is 0.302. The van der Waals surface area contributed by atoms with Crippen LogP contribution in [0.5, 0.6) is 5.75 Å². The zero-order valence-corrected chi connectivity index (χ0v) is 25.0. The number of nitrogens with zero attached hydrogens (tertiary/aromatic N) is 3. The Kier molecular flexibility index (Phi) is 10.4. The first-order valence-corrected chi connectivity index (χ1v) is 15.4. The molecule has 1 atom stereocenters. The summed E-state index contributed by atoms with van der Waals surface area (Å²) in [6.45, 7) is 0.668. The maximum absolute atomic E-state index is 14.0. The van der Waals surface area contributed by atoms with Crippen LogP contribution in [0.15, 0.2) is 78.0 Å². The predicted octanol–water partition coefficient (Wildman–Crippen LogP) is 4.63. The third-order valence-electron chi connectivity index (χ3n) is 7.29. The minimum absolute atomic E-state index is 0.0305. The number of benzene rings is 2. The van der Waals surface area contributed by atoms with Crippen molar-refractivity contribution in [2.75, 3.05) is 19.6 Å². The van der Waals surface area contributed by atoms with Gasteiger partial charge in [0.05, 0.1) is 4.90 Å². The predicted molar refractivity (Wildman–Crippen MR) is 152 cm³/mol. The average Bonchev–Trinajstić information content (AvgIpc) is 3.02. The lowest BCUT2D eigenvalue weighted by Crippen LogP contribution is -2.61. The Labute approximate surface area is 257 Å². The van der Waals surface area contributed by atoms with E-state index in [1.54, 1.807) is 18.5 Å². The van der Waals surface area contributed by atoms with Crippen molar-refractivity contribution >= 4 is 21.8 Å². The number of nitrogens with one attached hydrogen (secondary N) is 1. The van der Waals surface area contributed by atoms with Crippen molar-refractivity contribution < 1.29 is 44.7 Å². The van der Waals surface area contributed by atoms with Crippen LogP contribution in [0.1, 0.15) is 36.5 Å². The standard InChI is InChI=1S/C30H31F5N4O5S/c1-2-29(31,32)23-8-5-22(6-9-23)19-37-28(41)26-20-38(27(40)14-7-21-4-3-15-36-18-21)16-17-39(26)45(42,43)25-12-10-24(11-13-25)44-30(33,34)35/h3-6,8-13,15,18,26H,2,7,14,16-17,19-20H2,1H3,(H,37,41)/t26-/m1/s1. The molecular formula is C30H31F5N4O5S. The van der Waals surface area contributed by atoms with Gasteiger partial charge in [0.2, 0.25) is 21.8 Å². The van der Waals surface area contributed by atoms with E-state index in [2.05, 4.69) is 15.0 Å². The third kappa shape index (κ3) is 8.75. The Bertz CT molecular complexity index is 1570. The van der Waals surface area contributed by atoms with E-state index >= 15 is 0 Å². The molecule has 1 aliphatic rings. The number of hydrogen-bond acceptors (Lipinski definition) is 6. The second-order valence-corrected chi connectivity index (χ2v) is 12.2. The lowest BCUT2D eigenvalue weighted by Gasteiger charge is -2.39. The molecule has 0 unspecified atom stereocenters. The van der Waals surface area contributed by atoms with E-state index in [1.807, 2.05) is 6.07 Å². The molecule has 1 fully saturated rings. The lowest BCUT2D eigenvalue weighted by molar-refractivity contribution is -0.274. The normalized spacial score (nSPS) is 16.3. The number of carbonyl (C=O) groups excluding carboxylic acids is 2. The van der Waals surface area contributed by atoms with Crippen LogP contribution >= 0.6 is 0 Å². The first-order valence-electron chi connectivity index (χ1n) is 14.0. The first kappa shape index (κ1) is 33.8. The molecule has 1 N–H and O–H groups in total. The number of pyridine rings is 1. The number of carbonyl (C=O) groups is 2. The molecule has 2 heterocycles. The molecule has 0 aliphatic carbocycles. The number of rotatable bonds is 11. The zero-order valence-electron chi connectivity index (χ0n) is 24.1. The Morgan fingerprint density at radius 1 is 0.978 bits per heavy atom. The van der Waals surface area contributed by atoms with E-state index < -0.39 is 40.0 Å². The molecule has 2 amide bonds. The maximum Gasteiger partial charge on any atom is 0.573 e. The van der Waals surface area contributed by atoms with Crippen LogP contribution in [0.25, 0.3) is 0 Å². The molecule has 1 saturated heterocycles. The molecule has 0 bridgehead atoms. The highest BCUT2D eigenvalue weighted by molar-refractivity contribution is 7.89. The number of piperazine rings is 1. The number of aromatic nitrogens is 1. The molecule has 3 aromatic rings. The van der Waals surface area contributed by atoms with E-state index in [0.717, 1.165) is 34.1 Å². The van der Waals surface area contributed by atoms with Gasteiger partial charge in [-0.1, -0.05) is 37.3 Å². The monoisotopic (exact) mass is 654 g/mol. The van der Waals surface area contributed by atoms with Crippen LogP contribution in [0.2, 0.25) is 0 Å². The molecular weight excluding hydrogens is 623 g/mol. The zero-order chi connectivity index (χ0) is 32.8. The van der Waals surface area contributed by atoms with Gasteiger partial charge >= 0.3 is 6.36 Å². The molecule has 1 aliphatic heterocycles. The van der Waals surface area contributed by atoms with Crippen molar-refractivity contribution in [1.82, 2.24) is 19.5 Å². The highest BCUT2D eigenvalue weighted by Crippen LogP contribution is 2.31. The fourth-order valence-electron chi connectivity index (χ4n) is 4.78. The molecule has 15 heteroatoms. The van der Waals surface area contributed by atoms with E-state index in [0.29, 0.717) is 12.0 Å². The highest BCUT2D eigenvalue weighted by Gasteiger charge is 2.41. The molecule has 4 rings (SSSR count). The summed E-state index contributed by atoms with van der Waals surface area (Å²) in [5, 5.41) is 2.62. The maximum atomic E-state index is 14.0. The smallest absolute Gasteiger partial charge is 0.406 e. The number of aryl methyl sites for hydroxylation is 1. The van der Waals surface area contributed by atoms with Gasteiger partial charge in [0.1, 0.15) is 11.8 Å². The second-order valence-electron chi connectivity index (χ2n) is 10.3. The summed E-state index contributed by atoms with van der Waals surface area (Å²) in [5.74, 6) is -4.69. The molecule has 0 saturated carbocycles. The van der Waals surface area contributed by atoms with Crippen LogP contribution < -0.4 is 10.1 Å². The van der Waals surface area contributed by atoms with Gasteiger partial charge in [-0.15, -0.1) is 13.2 Å². The fraction of sp³-hybridized carbons (Fsp3) is 0.367. The summed E-state index contributed by atoms with van der Waals surface area (Å²) in [6.07, 6.45) is -1.68. The van der Waals surface area contributed by atoms with Crippen LogP contribution in [-0.2, 0) is 38.5 Å². The number of amides is 2. The third-order valence-corrected chi connectivity index (χ3v) is 9.21. The lowest BCUT2D eigenvalue weighted by atomic mass is 10.0. The molecule has 242 valence electrons. The van der Waals surface area contributed by atoms with Gasteiger partial charge in [-0.05, 0) is 47.9 Å². The van der Waals surface area contributed by atoms with E-state index in [1.165, 1.54) is 36.1 Å². The van der Waals surface area contributed by atoms with Crippen LogP contribution in [-0.4, -0.2) is 66.5 Å². The van der Waals surface area contributed by atoms with Gasteiger partial charge in [0.15, 0.2) is 0 Å². The van der Waals surface area contributed by atoms with E-state index in [-0.39, 0.29) is 55.4 Å². The molecule has 1 aromatic heterocycles. The SMILES string of the molecule is CCC(F)(F)c1ccc(CNC(=O)[C@H]2CN(C(=O)CCc3cccnc3)CCN2S(=O)(=O)c2ccc(OC(F)(F)F)cc2)cc1. The van der Waals surface area contributed by atoms with Crippen LogP contribution in [0.4, 0.5) is 22.0 Å². The topological polar surface area (TPSA) is 109 Å². The van der Waals surface area contributed by atoms with Crippen molar-refractivity contribution in [3.63, 3.8) is 0 Å². The Balaban J connectivity index is 1.52. The molecule has 9 nitrogen and oxygen atoms in total. The molecule has 0 spiro atoms. The van der Waals surface area contributed by atoms with Gasteiger partial charge < -0.3 is 15.0 Å². The molecule has 45 heavy (non-hydrogen) atoms. The van der Waals surface area contributed by atoms with Gasteiger partial charge in [0.25, 0.3) is 5.92 Å². The second kappa shape index (κ2) is 13.9. The van der Waals surface area contributed by atoms with Crippen molar-refractivity contribution in [3.05, 3.63) is 89.7 Å². The van der Waals surface area contributed by atoms with E-state index in [9.17, 15) is 40.0 Å². The van der Waals surface area contributed by atoms with Crippen LogP contribution in [0, 0.1) is 0 Å². The van der Waals surface area contributed by atoms with Crippen molar-refractivity contribution in [3.8, 4) is 5.75 Å². The molecule has 2 aromatic carbocycles. The minimum Gasteiger partial charge on any atom is -0.406 e. The first-order chi connectivity index (χ1) is 21.2. The highest BCUT2D eigenvalue weighted by atomic mass is 32.2.